The maximum atomic E-state index is 12.0. The van der Waals surface area contributed by atoms with E-state index in [4.69, 9.17) is 24.1 Å². The minimum absolute atomic E-state index is 0.0621. The summed E-state index contributed by atoms with van der Waals surface area (Å²) < 4.78 is 21.9. The van der Waals surface area contributed by atoms with Crippen molar-refractivity contribution in [3.8, 4) is 0 Å². The number of unbranched alkanes of at least 4 members (excludes halogenated alkanes) is 14. The number of carboxylic acid groups (broad SMARTS) is 1. The first kappa shape index (κ1) is 53.4. The molecule has 328 valence electrons. The van der Waals surface area contributed by atoms with Gasteiger partial charge in [0.25, 0.3) is 0 Å². The first-order valence-corrected chi connectivity index (χ1v) is 21.7. The fourth-order valence-corrected chi connectivity index (χ4v) is 5.95. The lowest BCUT2D eigenvalue weighted by Gasteiger charge is -2.18. The second-order valence-corrected chi connectivity index (χ2v) is 14.8. The van der Waals surface area contributed by atoms with Crippen LogP contribution in [0.2, 0.25) is 0 Å². The number of carbonyl (C=O) groups is 5. The van der Waals surface area contributed by atoms with E-state index in [9.17, 15) is 24.0 Å². The molecule has 56 heavy (non-hydrogen) atoms. The van der Waals surface area contributed by atoms with E-state index in [0.29, 0.717) is 85.3 Å². The van der Waals surface area contributed by atoms with Crippen molar-refractivity contribution in [2.24, 2.45) is 0 Å². The standard InChI is InChI=1S/C42H80N4O10/c1-36(2)46-38(37(3)47)20-18-19-25-43-40(49)23-28-53-32-35-56-31-27-45-41(50)24-29-54-33-34-55-30-26-44-39(48)21-16-14-12-10-8-6-4-5-7-9-11-13-15-17-22-42(51)52/h36,38,46H,4-35H2,1-3H3,(H,43,49)(H,44,48)(H,45,50)(H,51,52). The molecule has 0 saturated carbocycles. The maximum Gasteiger partial charge on any atom is 0.303 e. The van der Waals surface area contributed by atoms with Crippen molar-refractivity contribution < 1.29 is 48.0 Å². The molecule has 0 aliphatic carbocycles. The molecule has 0 saturated heterocycles. The minimum atomic E-state index is -0.690. The van der Waals surface area contributed by atoms with Crippen molar-refractivity contribution in [3.63, 3.8) is 0 Å². The van der Waals surface area contributed by atoms with Crippen molar-refractivity contribution in [2.75, 3.05) is 72.5 Å². The SMILES string of the molecule is CC(=O)C(CCCCNC(=O)CCOCCOCCNC(=O)CCOCCOCCNC(=O)CCCCCCCCCCCCCCCCC(=O)O)NC(C)C. The smallest absolute Gasteiger partial charge is 0.303 e. The lowest BCUT2D eigenvalue weighted by Crippen LogP contribution is -2.39. The van der Waals surface area contributed by atoms with Crippen molar-refractivity contribution >= 4 is 29.5 Å². The zero-order valence-corrected chi connectivity index (χ0v) is 35.4. The quantitative estimate of drug-likeness (QED) is 0.0481. The zero-order valence-electron chi connectivity index (χ0n) is 35.4. The third-order valence-corrected chi connectivity index (χ3v) is 9.14. The molecule has 0 aliphatic rings. The van der Waals surface area contributed by atoms with Crippen LogP contribution in [-0.2, 0) is 42.9 Å². The lowest BCUT2D eigenvalue weighted by molar-refractivity contribution is -0.137. The second-order valence-electron chi connectivity index (χ2n) is 14.8. The Morgan fingerprint density at radius 1 is 0.446 bits per heavy atom. The van der Waals surface area contributed by atoms with Crippen LogP contribution >= 0.6 is 0 Å². The summed E-state index contributed by atoms with van der Waals surface area (Å²) in [5.74, 6) is -0.665. The number of amides is 3. The van der Waals surface area contributed by atoms with Gasteiger partial charge in [-0.2, -0.15) is 0 Å². The van der Waals surface area contributed by atoms with Crippen molar-refractivity contribution in [3.05, 3.63) is 0 Å². The van der Waals surface area contributed by atoms with E-state index in [2.05, 4.69) is 21.3 Å². The Hall–Kier alpha value is -2.65. The Bertz CT molecular complexity index is 985. The third-order valence-electron chi connectivity index (χ3n) is 9.14. The number of Topliss-reactive ketones (excluding diaryl/α,β-unsaturated/α-hetero) is 1. The van der Waals surface area contributed by atoms with Gasteiger partial charge in [-0.1, -0.05) is 90.9 Å². The highest BCUT2D eigenvalue weighted by atomic mass is 16.5. The summed E-state index contributed by atoms with van der Waals surface area (Å²) in [6.07, 6.45) is 20.1. The Labute approximate surface area is 338 Å². The zero-order chi connectivity index (χ0) is 41.3. The number of nitrogens with one attached hydrogen (secondary N) is 4. The molecule has 0 heterocycles. The fourth-order valence-electron chi connectivity index (χ4n) is 5.95. The molecular weight excluding hydrogens is 720 g/mol. The largest absolute Gasteiger partial charge is 0.481 e. The van der Waals surface area contributed by atoms with E-state index >= 15 is 0 Å². The van der Waals surface area contributed by atoms with Gasteiger partial charge in [0.2, 0.25) is 17.7 Å². The molecule has 0 aromatic rings. The molecule has 0 aliphatic heterocycles. The van der Waals surface area contributed by atoms with Gasteiger partial charge >= 0.3 is 5.97 Å². The highest BCUT2D eigenvalue weighted by Gasteiger charge is 2.14. The molecule has 3 amide bonds. The molecule has 0 aromatic carbocycles. The summed E-state index contributed by atoms with van der Waals surface area (Å²) in [7, 11) is 0. The topological polar surface area (TPSA) is 191 Å². The molecule has 14 nitrogen and oxygen atoms in total. The summed E-state index contributed by atoms with van der Waals surface area (Å²) in [5, 5.41) is 20.5. The summed E-state index contributed by atoms with van der Waals surface area (Å²) in [4.78, 5) is 58.1. The Morgan fingerprint density at radius 3 is 1.23 bits per heavy atom. The molecule has 1 unspecified atom stereocenters. The first-order chi connectivity index (χ1) is 27.1. The predicted molar refractivity (Wildman–Crippen MR) is 220 cm³/mol. The van der Waals surface area contributed by atoms with Crippen LogP contribution in [0.4, 0.5) is 0 Å². The second kappa shape index (κ2) is 40.5. The highest BCUT2D eigenvalue weighted by molar-refractivity contribution is 5.81. The Morgan fingerprint density at radius 2 is 0.821 bits per heavy atom. The average molecular weight is 801 g/mol. The lowest BCUT2D eigenvalue weighted by atomic mass is 10.0. The van der Waals surface area contributed by atoms with Gasteiger partial charge in [0, 0.05) is 51.4 Å². The van der Waals surface area contributed by atoms with Crippen LogP contribution < -0.4 is 21.3 Å². The van der Waals surface area contributed by atoms with Crippen LogP contribution in [0.5, 0.6) is 0 Å². The minimum Gasteiger partial charge on any atom is -0.481 e. The predicted octanol–water partition coefficient (Wildman–Crippen LogP) is 5.63. The maximum absolute atomic E-state index is 12.0. The van der Waals surface area contributed by atoms with Crippen molar-refractivity contribution in [1.82, 2.24) is 21.3 Å². The number of ketones is 1. The fraction of sp³-hybridized carbons (Fsp3) is 0.881. The van der Waals surface area contributed by atoms with Crippen LogP contribution in [0.3, 0.4) is 0 Å². The molecule has 0 rings (SSSR count). The average Bonchev–Trinajstić information content (AvgIpc) is 3.15. The van der Waals surface area contributed by atoms with E-state index in [1.807, 2.05) is 13.8 Å². The van der Waals surface area contributed by atoms with E-state index in [1.165, 1.54) is 57.8 Å². The van der Waals surface area contributed by atoms with Gasteiger partial charge in [0.05, 0.1) is 58.9 Å². The summed E-state index contributed by atoms with van der Waals surface area (Å²) in [6.45, 7) is 9.99. The summed E-state index contributed by atoms with van der Waals surface area (Å²) in [6, 6.07) is 0.127. The highest BCUT2D eigenvalue weighted by Crippen LogP contribution is 2.14. The molecular formula is C42H80N4O10. The molecule has 0 aromatic heterocycles. The van der Waals surface area contributed by atoms with Crippen LogP contribution in [0.15, 0.2) is 0 Å². The normalized spacial score (nSPS) is 11.8. The first-order valence-electron chi connectivity index (χ1n) is 21.7. The number of rotatable bonds is 43. The molecule has 0 radical (unpaired) electrons. The van der Waals surface area contributed by atoms with Crippen molar-refractivity contribution in [1.29, 1.82) is 0 Å². The van der Waals surface area contributed by atoms with Gasteiger partial charge in [-0.3, -0.25) is 24.0 Å². The Kier molecular flexibility index (Phi) is 38.6. The summed E-state index contributed by atoms with van der Waals surface area (Å²) >= 11 is 0. The van der Waals surface area contributed by atoms with Crippen LogP contribution in [0.25, 0.3) is 0 Å². The molecule has 1 atom stereocenters. The molecule has 0 fully saturated rings. The number of hydrogen-bond donors (Lipinski definition) is 5. The van der Waals surface area contributed by atoms with Gasteiger partial charge in [0.15, 0.2) is 0 Å². The number of carbonyl (C=O) groups excluding carboxylic acids is 4. The molecule has 5 N–H and O–H groups in total. The van der Waals surface area contributed by atoms with E-state index in [-0.39, 0.29) is 48.4 Å². The van der Waals surface area contributed by atoms with Gasteiger partial charge in [0.1, 0.15) is 5.78 Å². The van der Waals surface area contributed by atoms with Gasteiger partial charge in [-0.15, -0.1) is 0 Å². The van der Waals surface area contributed by atoms with Gasteiger partial charge in [-0.25, -0.2) is 0 Å². The number of hydrogen-bond acceptors (Lipinski definition) is 10. The number of aliphatic carboxylic acids is 1. The summed E-state index contributed by atoms with van der Waals surface area (Å²) in [5.41, 5.74) is 0. The van der Waals surface area contributed by atoms with E-state index < -0.39 is 5.97 Å². The van der Waals surface area contributed by atoms with Crippen LogP contribution in [0.1, 0.15) is 156 Å². The van der Waals surface area contributed by atoms with Gasteiger partial charge in [-0.05, 0) is 39.0 Å². The van der Waals surface area contributed by atoms with E-state index in [0.717, 1.165) is 51.4 Å². The van der Waals surface area contributed by atoms with E-state index in [1.54, 1.807) is 6.92 Å². The third kappa shape index (κ3) is 41.0. The molecule has 14 heteroatoms. The van der Waals surface area contributed by atoms with Gasteiger partial charge < -0.3 is 45.3 Å². The van der Waals surface area contributed by atoms with Crippen molar-refractivity contribution in [2.45, 2.75) is 168 Å². The molecule has 0 bridgehead atoms. The number of carboxylic acids is 1. The molecule has 0 spiro atoms. The monoisotopic (exact) mass is 801 g/mol. The van der Waals surface area contributed by atoms with Crippen LogP contribution in [-0.4, -0.2) is 119 Å². The number of ether oxygens (including phenoxy) is 4. The van der Waals surface area contributed by atoms with Crippen LogP contribution in [0, 0.1) is 0 Å². The Balaban J connectivity index is 3.37.